The minimum absolute atomic E-state index is 0.462. The summed E-state index contributed by atoms with van der Waals surface area (Å²) in [7, 11) is 2.24. The summed E-state index contributed by atoms with van der Waals surface area (Å²) in [6, 6.07) is 11.0. The van der Waals surface area contributed by atoms with Gasteiger partial charge in [0.25, 0.3) is 0 Å². The zero-order valence-corrected chi connectivity index (χ0v) is 15.5. The highest BCUT2D eigenvalue weighted by molar-refractivity contribution is 6.31. The van der Waals surface area contributed by atoms with Crippen molar-refractivity contribution in [2.45, 2.75) is 44.0 Å². The molecule has 2 bridgehead atoms. The van der Waals surface area contributed by atoms with E-state index in [1.54, 1.807) is 12.4 Å². The monoisotopic (exact) mass is 367 g/mol. The van der Waals surface area contributed by atoms with Crippen LogP contribution in [-0.4, -0.2) is 32.6 Å². The number of aliphatic hydroxyl groups excluding tert-OH is 1. The van der Waals surface area contributed by atoms with Crippen LogP contribution in [0.4, 0.5) is 0 Å². The first-order valence-electron chi connectivity index (χ1n) is 9.24. The predicted octanol–water partition coefficient (Wildman–Crippen LogP) is 4.11. The van der Waals surface area contributed by atoms with Gasteiger partial charge in [-0.2, -0.15) is 0 Å². The molecule has 2 aromatic heterocycles. The first-order chi connectivity index (χ1) is 12.6. The molecular weight excluding hydrogens is 346 g/mol. The third kappa shape index (κ3) is 2.40. The topological polar surface area (TPSA) is 41.3 Å². The molecule has 134 valence electrons. The highest BCUT2D eigenvalue weighted by Crippen LogP contribution is 2.47. The maximum absolute atomic E-state index is 10.8. The van der Waals surface area contributed by atoms with Crippen LogP contribution in [0.15, 0.2) is 42.7 Å². The average molecular weight is 368 g/mol. The van der Waals surface area contributed by atoms with Gasteiger partial charge in [0.2, 0.25) is 0 Å². The third-order valence-electron chi connectivity index (χ3n) is 6.23. The zero-order valence-electron chi connectivity index (χ0n) is 14.8. The average Bonchev–Trinajstić information content (AvgIpc) is 3.06. The lowest BCUT2D eigenvalue weighted by Gasteiger charge is -2.32. The van der Waals surface area contributed by atoms with E-state index in [9.17, 15) is 5.11 Å². The molecule has 1 aromatic carbocycles. The third-order valence-corrected chi connectivity index (χ3v) is 6.46. The molecule has 1 saturated heterocycles. The van der Waals surface area contributed by atoms with Gasteiger partial charge in [0.15, 0.2) is 0 Å². The van der Waals surface area contributed by atoms with E-state index >= 15 is 0 Å². The van der Waals surface area contributed by atoms with Crippen molar-refractivity contribution in [3.05, 3.63) is 64.6 Å². The molecule has 0 radical (unpaired) electrons. The van der Waals surface area contributed by atoms with Gasteiger partial charge in [-0.3, -0.25) is 9.88 Å². The van der Waals surface area contributed by atoms with Crippen LogP contribution in [0.25, 0.3) is 10.9 Å². The second-order valence-electron chi connectivity index (χ2n) is 7.55. The minimum atomic E-state index is -0.550. The van der Waals surface area contributed by atoms with Crippen molar-refractivity contribution in [3.63, 3.8) is 0 Å². The first kappa shape index (κ1) is 16.3. The number of aromatic nitrogens is 2. The lowest BCUT2D eigenvalue weighted by Crippen LogP contribution is -2.34. The van der Waals surface area contributed by atoms with Crippen molar-refractivity contribution >= 4 is 22.5 Å². The molecule has 3 aromatic rings. The molecule has 2 aliphatic heterocycles. The Balaban J connectivity index is 1.65. The van der Waals surface area contributed by atoms with Crippen molar-refractivity contribution in [2.24, 2.45) is 0 Å². The Morgan fingerprint density at radius 1 is 1.23 bits per heavy atom. The molecule has 0 amide bonds. The molecule has 0 saturated carbocycles. The number of hydrogen-bond donors (Lipinski definition) is 1. The van der Waals surface area contributed by atoms with Crippen molar-refractivity contribution in [3.8, 4) is 0 Å². The smallest absolute Gasteiger partial charge is 0.0970 e. The van der Waals surface area contributed by atoms with Gasteiger partial charge in [0.05, 0.1) is 12.6 Å². The van der Waals surface area contributed by atoms with Gasteiger partial charge in [-0.05, 0) is 61.3 Å². The number of likely N-dealkylation sites (N-methyl/N-ethyl adjacent to an activating group) is 1. The zero-order chi connectivity index (χ0) is 17.8. The highest BCUT2D eigenvalue weighted by atomic mass is 35.5. The molecule has 1 fully saturated rings. The quantitative estimate of drug-likeness (QED) is 0.757. The van der Waals surface area contributed by atoms with Gasteiger partial charge in [0, 0.05) is 52.5 Å². The molecule has 1 N–H and O–H groups in total. The van der Waals surface area contributed by atoms with Crippen molar-refractivity contribution in [1.29, 1.82) is 0 Å². The Hall–Kier alpha value is -1.88. The van der Waals surface area contributed by atoms with Crippen LogP contribution in [0.1, 0.15) is 41.8 Å². The van der Waals surface area contributed by atoms with E-state index in [1.165, 1.54) is 35.0 Å². The van der Waals surface area contributed by atoms with Gasteiger partial charge >= 0.3 is 0 Å². The van der Waals surface area contributed by atoms with Crippen molar-refractivity contribution < 1.29 is 5.11 Å². The van der Waals surface area contributed by atoms with E-state index in [-0.39, 0.29) is 0 Å². The van der Waals surface area contributed by atoms with Gasteiger partial charge in [-0.15, -0.1) is 0 Å². The van der Waals surface area contributed by atoms with Crippen molar-refractivity contribution in [2.75, 3.05) is 7.05 Å². The summed E-state index contributed by atoms with van der Waals surface area (Å²) in [5.41, 5.74) is 4.87. The van der Waals surface area contributed by atoms with Crippen LogP contribution < -0.4 is 0 Å². The van der Waals surface area contributed by atoms with E-state index in [0.29, 0.717) is 18.6 Å². The Bertz CT molecular complexity index is 968. The summed E-state index contributed by atoms with van der Waals surface area (Å²) in [5, 5.41) is 12.8. The number of aliphatic hydroxyl groups is 1. The molecule has 5 rings (SSSR count). The van der Waals surface area contributed by atoms with E-state index < -0.39 is 6.10 Å². The normalized spacial score (nSPS) is 23.3. The fourth-order valence-corrected chi connectivity index (χ4v) is 5.07. The molecule has 3 unspecified atom stereocenters. The Kier molecular flexibility index (Phi) is 3.82. The minimum Gasteiger partial charge on any atom is -0.387 e. The number of hydrogen-bond acceptors (Lipinski definition) is 3. The van der Waals surface area contributed by atoms with Gasteiger partial charge in [-0.25, -0.2) is 0 Å². The molecular formula is C21H22ClN3O. The summed E-state index contributed by atoms with van der Waals surface area (Å²) in [6.45, 7) is 0.556. The lowest BCUT2D eigenvalue weighted by molar-refractivity contribution is 0.154. The number of rotatable bonds is 3. The predicted molar refractivity (Wildman–Crippen MR) is 103 cm³/mol. The highest BCUT2D eigenvalue weighted by Gasteiger charge is 2.40. The summed E-state index contributed by atoms with van der Waals surface area (Å²) in [4.78, 5) is 6.57. The summed E-state index contributed by atoms with van der Waals surface area (Å²) < 4.78 is 2.32. The van der Waals surface area contributed by atoms with Crippen LogP contribution in [0, 0.1) is 0 Å². The molecule has 3 atom stereocenters. The van der Waals surface area contributed by atoms with Crippen LogP contribution in [0.5, 0.6) is 0 Å². The van der Waals surface area contributed by atoms with Crippen LogP contribution in [-0.2, 0) is 13.0 Å². The lowest BCUT2D eigenvalue weighted by atomic mass is 9.97. The fourth-order valence-electron chi connectivity index (χ4n) is 4.90. The molecule has 0 aliphatic carbocycles. The number of nitrogens with zero attached hydrogens (tertiary/aromatic N) is 3. The summed E-state index contributed by atoms with van der Waals surface area (Å²) in [5.74, 6) is 0. The van der Waals surface area contributed by atoms with E-state index in [0.717, 1.165) is 17.0 Å². The molecule has 4 heterocycles. The van der Waals surface area contributed by atoms with Gasteiger partial charge in [0.1, 0.15) is 0 Å². The standard InChI is InChI=1S/C21H22ClN3O/c1-24-15-3-5-18(24)21-16-10-14(22)2-4-17(16)25(19(21)11-15)12-20(26)13-6-8-23-9-7-13/h2,4,6-10,15,18,20,26H,3,5,11-12H2,1H3. The number of benzene rings is 1. The first-order valence-corrected chi connectivity index (χ1v) is 9.61. The summed E-state index contributed by atoms with van der Waals surface area (Å²) >= 11 is 6.33. The molecule has 4 nitrogen and oxygen atoms in total. The van der Waals surface area contributed by atoms with Crippen LogP contribution >= 0.6 is 11.6 Å². The fraction of sp³-hybridized carbons (Fsp3) is 0.381. The molecule has 5 heteroatoms. The van der Waals surface area contributed by atoms with Gasteiger partial charge in [-0.1, -0.05) is 11.6 Å². The summed E-state index contributed by atoms with van der Waals surface area (Å²) in [6.07, 6.45) is 6.40. The van der Waals surface area contributed by atoms with E-state index in [1.807, 2.05) is 18.2 Å². The number of halogens is 1. The largest absolute Gasteiger partial charge is 0.387 e. The Morgan fingerprint density at radius 3 is 2.85 bits per heavy atom. The van der Waals surface area contributed by atoms with Crippen LogP contribution in [0.3, 0.4) is 0 Å². The van der Waals surface area contributed by atoms with Crippen LogP contribution in [0.2, 0.25) is 5.02 Å². The maximum atomic E-state index is 10.8. The molecule has 0 spiro atoms. The maximum Gasteiger partial charge on any atom is 0.0970 e. The molecule has 2 aliphatic rings. The number of pyridine rings is 1. The van der Waals surface area contributed by atoms with E-state index in [4.69, 9.17) is 11.6 Å². The SMILES string of the molecule is CN1C2CCC1c1c(n(CC(O)c3ccncc3)c3ccc(Cl)cc13)C2. The van der Waals surface area contributed by atoms with Gasteiger partial charge < -0.3 is 9.67 Å². The molecule has 26 heavy (non-hydrogen) atoms. The Morgan fingerprint density at radius 2 is 2.04 bits per heavy atom. The number of fused-ring (bicyclic) bond motifs is 6. The van der Waals surface area contributed by atoms with E-state index in [2.05, 4.69) is 33.6 Å². The second-order valence-corrected chi connectivity index (χ2v) is 7.98. The second kappa shape index (κ2) is 6.08. The Labute approximate surface area is 158 Å². The van der Waals surface area contributed by atoms with Crippen molar-refractivity contribution in [1.82, 2.24) is 14.5 Å².